The van der Waals surface area contributed by atoms with Crippen LogP contribution in [0.15, 0.2) is 51.6 Å². The molecule has 122 valence electrons. The Kier molecular flexibility index (Phi) is 4.95. The van der Waals surface area contributed by atoms with E-state index in [9.17, 15) is 9.18 Å². The molecule has 3 aromatic rings. The number of amides is 1. The molecule has 0 unspecified atom stereocenters. The van der Waals surface area contributed by atoms with Crippen molar-refractivity contribution in [3.8, 4) is 11.5 Å². The predicted octanol–water partition coefficient (Wildman–Crippen LogP) is 3.60. The van der Waals surface area contributed by atoms with Crippen LogP contribution in [0, 0.1) is 5.82 Å². The summed E-state index contributed by atoms with van der Waals surface area (Å²) in [5.74, 6) is -0.159. The molecule has 24 heavy (non-hydrogen) atoms. The summed E-state index contributed by atoms with van der Waals surface area (Å²) in [5, 5.41) is 6.34. The van der Waals surface area contributed by atoms with Crippen LogP contribution in [0.1, 0.15) is 12.3 Å². The molecule has 0 spiro atoms. The highest BCUT2D eigenvalue weighted by molar-refractivity contribution is 9.10. The Hall–Kier alpha value is -2.61. The summed E-state index contributed by atoms with van der Waals surface area (Å²) < 4.78 is 19.4. The van der Waals surface area contributed by atoms with E-state index >= 15 is 0 Å². The first-order chi connectivity index (χ1) is 11.6. The van der Waals surface area contributed by atoms with E-state index in [4.69, 9.17) is 4.52 Å². The number of carbonyl (C=O) groups excluding carboxylic acids is 1. The van der Waals surface area contributed by atoms with Crippen molar-refractivity contribution in [2.45, 2.75) is 12.8 Å². The molecule has 6 nitrogen and oxygen atoms in total. The van der Waals surface area contributed by atoms with Crippen molar-refractivity contribution in [2.24, 2.45) is 0 Å². The molecule has 2 aromatic heterocycles. The Morgan fingerprint density at radius 2 is 2.17 bits per heavy atom. The Labute approximate surface area is 145 Å². The summed E-state index contributed by atoms with van der Waals surface area (Å²) in [6.45, 7) is 0. The monoisotopic (exact) mass is 390 g/mol. The fraction of sp³-hybridized carbons (Fsp3) is 0.125. The zero-order valence-corrected chi connectivity index (χ0v) is 14.0. The first kappa shape index (κ1) is 16.3. The highest BCUT2D eigenvalue weighted by Crippen LogP contribution is 2.19. The Balaban J connectivity index is 1.58. The number of rotatable bonds is 5. The second kappa shape index (κ2) is 7.31. The van der Waals surface area contributed by atoms with E-state index in [0.29, 0.717) is 21.9 Å². The van der Waals surface area contributed by atoms with Crippen LogP contribution in [-0.2, 0) is 11.2 Å². The van der Waals surface area contributed by atoms with Crippen LogP contribution in [0.4, 0.5) is 10.1 Å². The number of aromatic nitrogens is 3. The second-order valence-corrected chi connectivity index (χ2v) is 5.81. The minimum Gasteiger partial charge on any atom is -0.339 e. The van der Waals surface area contributed by atoms with Crippen LogP contribution in [-0.4, -0.2) is 21.0 Å². The SMILES string of the molecule is O=C(CCc1nc(-c2ccccn2)no1)Nc1ccc(Br)cc1F. The molecule has 3 rings (SSSR count). The van der Waals surface area contributed by atoms with Crippen molar-refractivity contribution in [2.75, 3.05) is 5.32 Å². The normalized spacial score (nSPS) is 10.6. The average molecular weight is 391 g/mol. The molecular weight excluding hydrogens is 379 g/mol. The van der Waals surface area contributed by atoms with Gasteiger partial charge >= 0.3 is 0 Å². The van der Waals surface area contributed by atoms with Gasteiger partial charge in [-0.1, -0.05) is 27.2 Å². The number of benzene rings is 1. The largest absolute Gasteiger partial charge is 0.339 e. The second-order valence-electron chi connectivity index (χ2n) is 4.90. The van der Waals surface area contributed by atoms with Crippen LogP contribution in [0.25, 0.3) is 11.5 Å². The fourth-order valence-corrected chi connectivity index (χ4v) is 2.31. The molecule has 1 aromatic carbocycles. The van der Waals surface area contributed by atoms with Gasteiger partial charge in [0.2, 0.25) is 17.6 Å². The standard InChI is InChI=1S/C16H12BrFN4O2/c17-10-4-5-12(11(18)9-10)20-14(23)6-7-15-21-16(22-24-15)13-3-1-2-8-19-13/h1-5,8-9H,6-7H2,(H,20,23). The molecule has 0 saturated carbocycles. The number of anilines is 1. The van der Waals surface area contributed by atoms with Gasteiger partial charge in [0.05, 0.1) is 5.69 Å². The van der Waals surface area contributed by atoms with E-state index in [0.717, 1.165) is 0 Å². The van der Waals surface area contributed by atoms with Crippen LogP contribution in [0.3, 0.4) is 0 Å². The third-order valence-corrected chi connectivity index (χ3v) is 3.63. The number of nitrogens with zero attached hydrogens (tertiary/aromatic N) is 3. The quantitative estimate of drug-likeness (QED) is 0.719. The van der Waals surface area contributed by atoms with Crippen molar-refractivity contribution in [3.63, 3.8) is 0 Å². The zero-order chi connectivity index (χ0) is 16.9. The molecule has 0 aliphatic rings. The van der Waals surface area contributed by atoms with E-state index in [1.54, 1.807) is 24.4 Å². The molecule has 1 N–H and O–H groups in total. The predicted molar refractivity (Wildman–Crippen MR) is 88.6 cm³/mol. The molecule has 8 heteroatoms. The summed E-state index contributed by atoms with van der Waals surface area (Å²) >= 11 is 3.16. The van der Waals surface area contributed by atoms with Crippen LogP contribution in [0.2, 0.25) is 0 Å². The number of nitrogens with one attached hydrogen (secondary N) is 1. The van der Waals surface area contributed by atoms with Crippen molar-refractivity contribution in [1.29, 1.82) is 0 Å². The van der Waals surface area contributed by atoms with Gasteiger partial charge in [0.15, 0.2) is 0 Å². The summed E-state index contributed by atoms with van der Waals surface area (Å²) in [6.07, 6.45) is 1.98. The van der Waals surface area contributed by atoms with E-state index in [1.807, 2.05) is 6.07 Å². The molecular formula is C16H12BrFN4O2. The number of pyridine rings is 1. The van der Waals surface area contributed by atoms with Gasteiger partial charge in [0.25, 0.3) is 0 Å². The molecule has 0 saturated heterocycles. The Morgan fingerprint density at radius 1 is 1.29 bits per heavy atom. The van der Waals surface area contributed by atoms with Gasteiger partial charge in [-0.2, -0.15) is 4.98 Å². The number of carbonyl (C=O) groups is 1. The number of aryl methyl sites for hydroxylation is 1. The maximum Gasteiger partial charge on any atom is 0.227 e. The first-order valence-electron chi connectivity index (χ1n) is 7.11. The first-order valence-corrected chi connectivity index (χ1v) is 7.90. The lowest BCUT2D eigenvalue weighted by atomic mass is 10.2. The summed E-state index contributed by atoms with van der Waals surface area (Å²) in [5.41, 5.74) is 0.719. The van der Waals surface area contributed by atoms with Gasteiger partial charge in [0, 0.05) is 23.5 Å². The fourth-order valence-electron chi connectivity index (χ4n) is 1.98. The lowest BCUT2D eigenvalue weighted by Gasteiger charge is -2.05. The molecule has 0 bridgehead atoms. The highest BCUT2D eigenvalue weighted by atomic mass is 79.9. The van der Waals surface area contributed by atoms with Crippen molar-refractivity contribution in [3.05, 3.63) is 58.8 Å². The topological polar surface area (TPSA) is 80.9 Å². The van der Waals surface area contributed by atoms with Crippen LogP contribution >= 0.6 is 15.9 Å². The van der Waals surface area contributed by atoms with Gasteiger partial charge in [0.1, 0.15) is 11.5 Å². The minimum absolute atomic E-state index is 0.0966. The number of halogens is 2. The molecule has 0 fully saturated rings. The van der Waals surface area contributed by atoms with Gasteiger partial charge in [-0.25, -0.2) is 4.39 Å². The van der Waals surface area contributed by atoms with E-state index in [2.05, 4.69) is 36.4 Å². The van der Waals surface area contributed by atoms with Crippen LogP contribution < -0.4 is 5.32 Å². The van der Waals surface area contributed by atoms with E-state index < -0.39 is 5.82 Å². The molecule has 0 atom stereocenters. The van der Waals surface area contributed by atoms with Gasteiger partial charge in [-0.3, -0.25) is 9.78 Å². The minimum atomic E-state index is -0.507. The third-order valence-electron chi connectivity index (χ3n) is 3.13. The van der Waals surface area contributed by atoms with Crippen molar-refractivity contribution >= 4 is 27.5 Å². The zero-order valence-electron chi connectivity index (χ0n) is 12.4. The lowest BCUT2D eigenvalue weighted by Crippen LogP contribution is -2.13. The van der Waals surface area contributed by atoms with Gasteiger partial charge in [-0.15, -0.1) is 0 Å². The molecule has 2 heterocycles. The van der Waals surface area contributed by atoms with E-state index in [1.165, 1.54) is 12.1 Å². The number of hydrogen-bond donors (Lipinski definition) is 1. The van der Waals surface area contributed by atoms with Crippen molar-refractivity contribution in [1.82, 2.24) is 15.1 Å². The van der Waals surface area contributed by atoms with Gasteiger partial charge < -0.3 is 9.84 Å². The molecule has 0 aliphatic carbocycles. The lowest BCUT2D eigenvalue weighted by molar-refractivity contribution is -0.116. The highest BCUT2D eigenvalue weighted by Gasteiger charge is 2.12. The molecule has 0 aliphatic heterocycles. The maximum absolute atomic E-state index is 13.7. The molecule has 0 radical (unpaired) electrons. The summed E-state index contributed by atoms with van der Waals surface area (Å²) in [6, 6.07) is 9.79. The van der Waals surface area contributed by atoms with Gasteiger partial charge in [-0.05, 0) is 30.3 Å². The van der Waals surface area contributed by atoms with Crippen LogP contribution in [0.5, 0.6) is 0 Å². The number of hydrogen-bond acceptors (Lipinski definition) is 5. The summed E-state index contributed by atoms with van der Waals surface area (Å²) in [4.78, 5) is 20.2. The Bertz CT molecular complexity index is 854. The Morgan fingerprint density at radius 3 is 2.92 bits per heavy atom. The smallest absolute Gasteiger partial charge is 0.227 e. The van der Waals surface area contributed by atoms with Crippen molar-refractivity contribution < 1.29 is 13.7 Å². The third kappa shape index (κ3) is 4.02. The maximum atomic E-state index is 13.7. The van der Waals surface area contributed by atoms with E-state index in [-0.39, 0.29) is 24.4 Å². The molecule has 1 amide bonds. The average Bonchev–Trinajstić information content (AvgIpc) is 3.05. The summed E-state index contributed by atoms with van der Waals surface area (Å²) in [7, 11) is 0.